The maximum Gasteiger partial charge on any atom is 0.417 e. The quantitative estimate of drug-likeness (QED) is 0.184. The number of halogens is 6. The third kappa shape index (κ3) is 4.94. The lowest BCUT2D eigenvalue weighted by molar-refractivity contribution is -0.139. The second-order valence-corrected chi connectivity index (χ2v) is 10.5. The monoisotopic (exact) mass is 668 g/mol. The van der Waals surface area contributed by atoms with Crippen LogP contribution in [0.3, 0.4) is 0 Å². The number of alkyl halides is 6. The summed E-state index contributed by atoms with van der Waals surface area (Å²) in [7, 11) is 0. The number of amides is 4. The van der Waals surface area contributed by atoms with Gasteiger partial charge in [0.2, 0.25) is 0 Å². The Morgan fingerprint density at radius 2 is 0.771 bits per heavy atom. The molecule has 0 bridgehead atoms. The van der Waals surface area contributed by atoms with Gasteiger partial charge < -0.3 is 10.2 Å². The molecule has 2 aliphatic heterocycles. The first kappa shape index (κ1) is 31.7. The van der Waals surface area contributed by atoms with E-state index in [-0.39, 0.29) is 22.3 Å². The molecular weight excluding hydrogens is 654 g/mol. The van der Waals surface area contributed by atoms with Gasteiger partial charge in [0.25, 0.3) is 23.6 Å². The highest BCUT2D eigenvalue weighted by Crippen LogP contribution is 2.46. The largest absolute Gasteiger partial charge is 0.478 e. The maximum absolute atomic E-state index is 14.4. The molecule has 0 atom stereocenters. The minimum atomic E-state index is -5.34. The zero-order valence-electron chi connectivity index (χ0n) is 23.4. The molecule has 6 rings (SSSR count). The van der Waals surface area contributed by atoms with Crippen molar-refractivity contribution in [2.45, 2.75) is 12.4 Å². The lowest BCUT2D eigenvalue weighted by atomic mass is 9.93. The Kier molecular flexibility index (Phi) is 7.00. The molecule has 4 aromatic rings. The second kappa shape index (κ2) is 10.6. The predicted octanol–water partition coefficient (Wildman–Crippen LogP) is 6.39. The summed E-state index contributed by atoms with van der Waals surface area (Å²) < 4.78 is 86.5. The third-order valence-electron chi connectivity index (χ3n) is 7.69. The molecule has 48 heavy (non-hydrogen) atoms. The normalized spacial score (nSPS) is 14.5. The molecule has 4 amide bonds. The molecule has 0 spiro atoms. The highest BCUT2D eigenvalue weighted by Gasteiger charge is 2.43. The molecule has 0 saturated carbocycles. The SMILES string of the molecule is O=C(O)c1ccc2c(c1)C(=O)N(c1ccc(-c3ccc(N4C(=O)c5ccc(C(=O)O)cc5C4=O)cc3C(F)(F)F)c(C(F)(F)F)c1)C2=O. The van der Waals surface area contributed by atoms with Crippen molar-refractivity contribution in [1.29, 1.82) is 0 Å². The molecule has 0 aliphatic carbocycles. The number of hydrogen-bond acceptors (Lipinski definition) is 6. The maximum atomic E-state index is 14.4. The zero-order valence-corrected chi connectivity index (χ0v) is 23.4. The summed E-state index contributed by atoms with van der Waals surface area (Å²) in [6.07, 6.45) is -10.7. The van der Waals surface area contributed by atoms with Gasteiger partial charge in [-0.15, -0.1) is 0 Å². The Morgan fingerprint density at radius 3 is 1.08 bits per heavy atom. The van der Waals surface area contributed by atoms with E-state index in [0.29, 0.717) is 34.1 Å². The summed E-state index contributed by atoms with van der Waals surface area (Å²) in [5.74, 6) is -7.38. The van der Waals surface area contributed by atoms with Crippen LogP contribution in [0, 0.1) is 0 Å². The number of hydrogen-bond donors (Lipinski definition) is 2. The minimum absolute atomic E-state index is 0.299. The highest BCUT2D eigenvalue weighted by atomic mass is 19.4. The van der Waals surface area contributed by atoms with Gasteiger partial charge in [-0.25, -0.2) is 19.4 Å². The zero-order chi connectivity index (χ0) is 35.0. The Bertz CT molecular complexity index is 2020. The second-order valence-electron chi connectivity index (χ2n) is 10.5. The third-order valence-corrected chi connectivity index (χ3v) is 7.69. The van der Waals surface area contributed by atoms with Gasteiger partial charge in [0, 0.05) is 0 Å². The molecule has 4 aromatic carbocycles. The topological polar surface area (TPSA) is 149 Å². The van der Waals surface area contributed by atoms with Crippen molar-refractivity contribution >= 4 is 46.9 Å². The Labute approximate surface area is 263 Å². The number of imide groups is 2. The number of carbonyl (C=O) groups is 6. The van der Waals surface area contributed by atoms with Gasteiger partial charge in [-0.2, -0.15) is 26.3 Å². The van der Waals surface area contributed by atoms with Crippen LogP contribution in [0.5, 0.6) is 0 Å². The molecule has 2 heterocycles. The van der Waals surface area contributed by atoms with E-state index in [9.17, 15) is 65.3 Å². The fourth-order valence-electron chi connectivity index (χ4n) is 5.50. The first-order chi connectivity index (χ1) is 22.4. The summed E-state index contributed by atoms with van der Waals surface area (Å²) in [4.78, 5) is 75.3. The minimum Gasteiger partial charge on any atom is -0.478 e. The van der Waals surface area contributed by atoms with Crippen molar-refractivity contribution in [2.75, 3.05) is 9.80 Å². The van der Waals surface area contributed by atoms with Crippen LogP contribution in [-0.4, -0.2) is 45.8 Å². The molecule has 0 saturated heterocycles. The van der Waals surface area contributed by atoms with Crippen molar-refractivity contribution in [1.82, 2.24) is 0 Å². The average Bonchev–Trinajstić information content (AvgIpc) is 3.42. The van der Waals surface area contributed by atoms with E-state index in [2.05, 4.69) is 0 Å². The number of carboxylic acids is 2. The number of carboxylic acid groups (broad SMARTS) is 2. The number of fused-ring (bicyclic) bond motifs is 2. The van der Waals surface area contributed by atoms with E-state index in [1.807, 2.05) is 0 Å². The summed E-state index contributed by atoms with van der Waals surface area (Å²) >= 11 is 0. The number of benzene rings is 4. The predicted molar refractivity (Wildman–Crippen MR) is 151 cm³/mol. The van der Waals surface area contributed by atoms with Gasteiger partial charge in [0.1, 0.15) is 0 Å². The molecule has 16 heteroatoms. The smallest absolute Gasteiger partial charge is 0.417 e. The van der Waals surface area contributed by atoms with E-state index in [1.54, 1.807) is 0 Å². The number of anilines is 2. The molecule has 242 valence electrons. The summed E-state index contributed by atoms with van der Waals surface area (Å²) in [5, 5.41) is 18.4. The average molecular weight is 668 g/mol. The van der Waals surface area contributed by atoms with Crippen molar-refractivity contribution in [3.63, 3.8) is 0 Å². The molecule has 0 unspecified atom stereocenters. The number of nitrogens with zero attached hydrogens (tertiary/aromatic N) is 2. The van der Waals surface area contributed by atoms with Gasteiger partial charge in [-0.1, -0.05) is 12.1 Å². The summed E-state index contributed by atoms with van der Waals surface area (Å²) in [6.45, 7) is 0. The van der Waals surface area contributed by atoms with Crippen molar-refractivity contribution in [2.24, 2.45) is 0 Å². The molecule has 0 aromatic heterocycles. The Morgan fingerprint density at radius 1 is 0.458 bits per heavy atom. The van der Waals surface area contributed by atoms with Crippen molar-refractivity contribution in [3.8, 4) is 11.1 Å². The van der Waals surface area contributed by atoms with E-state index in [1.165, 1.54) is 0 Å². The van der Waals surface area contributed by atoms with Gasteiger partial charge in [-0.05, 0) is 71.8 Å². The van der Waals surface area contributed by atoms with Crippen molar-refractivity contribution in [3.05, 3.63) is 117 Å². The van der Waals surface area contributed by atoms with Crippen LogP contribution >= 0.6 is 0 Å². The fourth-order valence-corrected chi connectivity index (χ4v) is 5.50. The first-order valence-corrected chi connectivity index (χ1v) is 13.3. The molecular formula is C32H14F6N2O8. The van der Waals surface area contributed by atoms with Crippen LogP contribution in [0.2, 0.25) is 0 Å². The van der Waals surface area contributed by atoms with Gasteiger partial charge >= 0.3 is 24.3 Å². The number of carbonyl (C=O) groups excluding carboxylic acids is 4. The fraction of sp³-hybridized carbons (Fsp3) is 0.0625. The summed E-state index contributed by atoms with van der Waals surface area (Å²) in [5.41, 5.74) is -8.89. The van der Waals surface area contributed by atoms with Gasteiger partial charge in [0.05, 0.1) is 55.9 Å². The van der Waals surface area contributed by atoms with Crippen LogP contribution in [-0.2, 0) is 12.4 Å². The molecule has 2 N–H and O–H groups in total. The van der Waals surface area contributed by atoms with Gasteiger partial charge in [-0.3, -0.25) is 19.2 Å². The summed E-state index contributed by atoms with van der Waals surface area (Å²) in [6, 6.07) is 9.22. The van der Waals surface area contributed by atoms with Crippen LogP contribution in [0.25, 0.3) is 11.1 Å². The van der Waals surface area contributed by atoms with Crippen molar-refractivity contribution < 1.29 is 65.3 Å². The van der Waals surface area contributed by atoms with Crippen LogP contribution in [0.15, 0.2) is 72.8 Å². The van der Waals surface area contributed by atoms with E-state index in [4.69, 9.17) is 0 Å². The van der Waals surface area contributed by atoms with Crippen LogP contribution < -0.4 is 9.80 Å². The van der Waals surface area contributed by atoms with E-state index < -0.39 is 92.7 Å². The molecule has 2 aliphatic rings. The number of rotatable bonds is 5. The molecule has 10 nitrogen and oxygen atoms in total. The standard InChI is InChI=1S/C32H14F6N2O8/c33-31(34,35)23-11-15(39-25(41)19-5-1-13(29(45)46)9-21(19)27(39)43)3-7-17(23)18-8-4-16(12-24(18)32(36,37)38)40-26(42)20-6-2-14(30(47)48)10-22(20)28(40)44/h1-12H,(H,45,46)(H,47,48). The Hall–Kier alpha value is -6.32. The molecule has 0 radical (unpaired) electrons. The van der Waals surface area contributed by atoms with Crippen LogP contribution in [0.1, 0.15) is 73.3 Å². The first-order valence-electron chi connectivity index (χ1n) is 13.3. The Balaban J connectivity index is 1.44. The van der Waals surface area contributed by atoms with E-state index >= 15 is 0 Å². The lowest BCUT2D eigenvalue weighted by Gasteiger charge is -2.22. The van der Waals surface area contributed by atoms with E-state index in [0.717, 1.165) is 48.5 Å². The number of aromatic carboxylic acids is 2. The lowest BCUT2D eigenvalue weighted by Crippen LogP contribution is -2.30. The van der Waals surface area contributed by atoms with Crippen LogP contribution in [0.4, 0.5) is 37.7 Å². The molecule has 0 fully saturated rings. The van der Waals surface area contributed by atoms with Gasteiger partial charge in [0.15, 0.2) is 0 Å². The highest BCUT2D eigenvalue weighted by molar-refractivity contribution is 6.35.